The summed E-state index contributed by atoms with van der Waals surface area (Å²) >= 11 is 0. The molecule has 0 atom stereocenters. The summed E-state index contributed by atoms with van der Waals surface area (Å²) in [6.45, 7) is 6.47. The molecule has 1 aromatic rings. The summed E-state index contributed by atoms with van der Waals surface area (Å²) in [6.07, 6.45) is 1.83. The molecule has 0 unspecified atom stereocenters. The van der Waals surface area contributed by atoms with Crippen LogP contribution in [0.1, 0.15) is 39.2 Å². The van der Waals surface area contributed by atoms with Crippen molar-refractivity contribution in [3.8, 4) is 5.75 Å². The second-order valence-corrected chi connectivity index (χ2v) is 5.61. The third-order valence-corrected chi connectivity index (χ3v) is 3.35. The molecule has 0 aromatic heterocycles. The van der Waals surface area contributed by atoms with E-state index in [0.29, 0.717) is 18.7 Å². The number of carbonyl (C=O) groups excluding carboxylic acids is 2. The average molecular weight is 336 g/mol. The van der Waals surface area contributed by atoms with Gasteiger partial charge in [0, 0.05) is 19.2 Å². The summed E-state index contributed by atoms with van der Waals surface area (Å²) in [6, 6.07) is 4.40. The number of hydrogen-bond donors (Lipinski definition) is 0. The van der Waals surface area contributed by atoms with Crippen LogP contribution in [0.25, 0.3) is 0 Å². The van der Waals surface area contributed by atoms with Gasteiger partial charge in [-0.05, 0) is 31.4 Å². The Hall–Kier alpha value is -2.44. The maximum Gasteiger partial charge on any atom is 0.311 e. The summed E-state index contributed by atoms with van der Waals surface area (Å²) in [5.41, 5.74) is 0.318. The van der Waals surface area contributed by atoms with Gasteiger partial charge in [-0.15, -0.1) is 0 Å². The summed E-state index contributed by atoms with van der Waals surface area (Å²) in [5.74, 6) is -0.242. The number of nitro benzene ring substituents is 1. The van der Waals surface area contributed by atoms with E-state index in [-0.39, 0.29) is 36.2 Å². The minimum atomic E-state index is -0.570. The Kier molecular flexibility index (Phi) is 7.88. The molecule has 1 aromatic carbocycles. The van der Waals surface area contributed by atoms with Crippen molar-refractivity contribution in [2.24, 2.45) is 0 Å². The van der Waals surface area contributed by atoms with Gasteiger partial charge in [-0.25, -0.2) is 0 Å². The number of Topliss-reactive ketones (excluding diaryl/α,β-unsaturated/α-hetero) is 1. The third-order valence-electron chi connectivity index (χ3n) is 3.35. The number of rotatable bonds is 10. The van der Waals surface area contributed by atoms with Crippen LogP contribution in [0.15, 0.2) is 18.2 Å². The van der Waals surface area contributed by atoms with Crippen LogP contribution in [-0.4, -0.2) is 41.2 Å². The normalized spacial score (nSPS) is 10.3. The number of hydrogen-bond acceptors (Lipinski definition) is 5. The highest BCUT2D eigenvalue weighted by Gasteiger charge is 2.19. The van der Waals surface area contributed by atoms with Gasteiger partial charge in [0.15, 0.2) is 11.5 Å². The molecule has 132 valence electrons. The summed E-state index contributed by atoms with van der Waals surface area (Å²) < 4.78 is 5.16. The van der Waals surface area contributed by atoms with E-state index >= 15 is 0 Å². The molecule has 7 heteroatoms. The van der Waals surface area contributed by atoms with E-state index in [2.05, 4.69) is 0 Å². The Bertz CT molecular complexity index is 595. The molecular formula is C17H24N2O5. The lowest BCUT2D eigenvalue weighted by molar-refractivity contribution is -0.385. The fourth-order valence-electron chi connectivity index (χ4n) is 2.30. The van der Waals surface area contributed by atoms with Crippen molar-refractivity contribution in [3.63, 3.8) is 0 Å². The van der Waals surface area contributed by atoms with Crippen molar-refractivity contribution >= 4 is 17.4 Å². The fourth-order valence-corrected chi connectivity index (χ4v) is 2.30. The van der Waals surface area contributed by atoms with Crippen molar-refractivity contribution in [1.82, 2.24) is 4.90 Å². The van der Waals surface area contributed by atoms with Crippen LogP contribution in [-0.2, 0) is 16.0 Å². The number of nitrogens with zero attached hydrogens (tertiary/aromatic N) is 2. The van der Waals surface area contributed by atoms with Gasteiger partial charge in [0.1, 0.15) is 6.61 Å². The lowest BCUT2D eigenvalue weighted by Crippen LogP contribution is -2.33. The number of benzene rings is 1. The Labute approximate surface area is 141 Å². The molecule has 0 saturated heterocycles. The molecule has 0 saturated carbocycles. The predicted octanol–water partition coefficient (Wildman–Crippen LogP) is 2.75. The van der Waals surface area contributed by atoms with Crippen LogP contribution < -0.4 is 4.74 Å². The van der Waals surface area contributed by atoms with Gasteiger partial charge < -0.3 is 9.64 Å². The highest BCUT2D eigenvalue weighted by atomic mass is 16.6. The monoisotopic (exact) mass is 336 g/mol. The standard InChI is InChI=1S/C17H24N2O5/c1-4-8-18(9-5-2)17(21)11-14-6-7-16(24-12-13(3)20)15(10-14)19(22)23/h6-7,10H,4-5,8-9,11-12H2,1-3H3. The molecule has 0 N–H and O–H groups in total. The average Bonchev–Trinajstić information content (AvgIpc) is 2.53. The second-order valence-electron chi connectivity index (χ2n) is 5.61. The molecule has 1 amide bonds. The van der Waals surface area contributed by atoms with Crippen LogP contribution in [0.5, 0.6) is 5.75 Å². The molecule has 0 bridgehead atoms. The van der Waals surface area contributed by atoms with Crippen LogP contribution in [0, 0.1) is 10.1 Å². The quantitative estimate of drug-likeness (QED) is 0.484. The number of nitro groups is 1. The minimum absolute atomic E-state index is 0.0328. The van der Waals surface area contributed by atoms with Crippen molar-refractivity contribution < 1.29 is 19.2 Å². The molecule has 24 heavy (non-hydrogen) atoms. The molecule has 0 radical (unpaired) electrons. The van der Waals surface area contributed by atoms with E-state index in [1.165, 1.54) is 19.1 Å². The molecule has 0 aliphatic heterocycles. The minimum Gasteiger partial charge on any atom is -0.479 e. The zero-order valence-electron chi connectivity index (χ0n) is 14.4. The Morgan fingerprint density at radius 3 is 2.33 bits per heavy atom. The fraction of sp³-hybridized carbons (Fsp3) is 0.529. The van der Waals surface area contributed by atoms with Gasteiger partial charge in [0.2, 0.25) is 5.91 Å². The molecule has 1 rings (SSSR count). The Morgan fingerprint density at radius 1 is 1.21 bits per heavy atom. The number of amides is 1. The first-order valence-electron chi connectivity index (χ1n) is 8.06. The number of ether oxygens (including phenoxy) is 1. The van der Waals surface area contributed by atoms with Gasteiger partial charge in [0.25, 0.3) is 0 Å². The Morgan fingerprint density at radius 2 is 1.83 bits per heavy atom. The first-order valence-corrected chi connectivity index (χ1v) is 8.06. The van der Waals surface area contributed by atoms with E-state index in [0.717, 1.165) is 12.8 Å². The van der Waals surface area contributed by atoms with Gasteiger partial charge in [-0.3, -0.25) is 19.7 Å². The SMILES string of the molecule is CCCN(CCC)C(=O)Cc1ccc(OCC(C)=O)c([N+](=O)[O-])c1. The van der Waals surface area contributed by atoms with Gasteiger partial charge in [-0.1, -0.05) is 19.9 Å². The predicted molar refractivity (Wildman–Crippen MR) is 90.1 cm³/mol. The lowest BCUT2D eigenvalue weighted by Gasteiger charge is -2.21. The van der Waals surface area contributed by atoms with E-state index in [9.17, 15) is 19.7 Å². The van der Waals surface area contributed by atoms with Crippen molar-refractivity contribution in [2.75, 3.05) is 19.7 Å². The zero-order chi connectivity index (χ0) is 18.1. The molecule has 0 aliphatic carbocycles. The lowest BCUT2D eigenvalue weighted by atomic mass is 10.1. The first kappa shape index (κ1) is 19.6. The molecular weight excluding hydrogens is 312 g/mol. The first-order chi connectivity index (χ1) is 11.4. The second kappa shape index (κ2) is 9.64. The molecule has 0 aliphatic rings. The summed E-state index contributed by atoms with van der Waals surface area (Å²) in [5, 5.41) is 11.2. The zero-order valence-corrected chi connectivity index (χ0v) is 14.4. The van der Waals surface area contributed by atoms with Crippen molar-refractivity contribution in [2.45, 2.75) is 40.0 Å². The molecule has 0 spiro atoms. The topological polar surface area (TPSA) is 89.8 Å². The largest absolute Gasteiger partial charge is 0.479 e. The van der Waals surface area contributed by atoms with E-state index in [1.807, 2.05) is 13.8 Å². The van der Waals surface area contributed by atoms with Crippen LogP contribution in [0.3, 0.4) is 0 Å². The van der Waals surface area contributed by atoms with E-state index < -0.39 is 4.92 Å². The summed E-state index contributed by atoms with van der Waals surface area (Å²) in [7, 11) is 0. The van der Waals surface area contributed by atoms with Crippen LogP contribution >= 0.6 is 0 Å². The maximum atomic E-state index is 12.4. The number of ketones is 1. The van der Waals surface area contributed by atoms with Gasteiger partial charge in [-0.2, -0.15) is 0 Å². The van der Waals surface area contributed by atoms with E-state index in [4.69, 9.17) is 4.74 Å². The van der Waals surface area contributed by atoms with Crippen molar-refractivity contribution in [1.29, 1.82) is 0 Å². The van der Waals surface area contributed by atoms with E-state index in [1.54, 1.807) is 11.0 Å². The smallest absolute Gasteiger partial charge is 0.311 e. The highest BCUT2D eigenvalue weighted by molar-refractivity contribution is 5.79. The maximum absolute atomic E-state index is 12.4. The highest BCUT2D eigenvalue weighted by Crippen LogP contribution is 2.28. The molecule has 0 heterocycles. The van der Waals surface area contributed by atoms with Crippen LogP contribution in [0.2, 0.25) is 0 Å². The third kappa shape index (κ3) is 5.98. The summed E-state index contributed by atoms with van der Waals surface area (Å²) in [4.78, 5) is 35.7. The molecule has 0 fully saturated rings. The Balaban J connectivity index is 2.92. The van der Waals surface area contributed by atoms with Crippen molar-refractivity contribution in [3.05, 3.63) is 33.9 Å². The molecule has 7 nitrogen and oxygen atoms in total. The van der Waals surface area contributed by atoms with Crippen LogP contribution in [0.4, 0.5) is 5.69 Å². The number of carbonyl (C=O) groups is 2. The van der Waals surface area contributed by atoms with Gasteiger partial charge in [0.05, 0.1) is 11.3 Å². The van der Waals surface area contributed by atoms with Gasteiger partial charge >= 0.3 is 5.69 Å².